The van der Waals surface area contributed by atoms with E-state index in [-0.39, 0.29) is 18.2 Å². The Bertz CT molecular complexity index is 1340. The normalized spacial score (nSPS) is 19.1. The van der Waals surface area contributed by atoms with E-state index in [1.165, 1.54) is 10.5 Å². The number of nitrogens with one attached hydrogen (secondary N) is 2. The molecule has 8 nitrogen and oxygen atoms in total. The monoisotopic (exact) mass is 439 g/mol. The van der Waals surface area contributed by atoms with E-state index in [2.05, 4.69) is 20.6 Å². The van der Waals surface area contributed by atoms with Crippen molar-refractivity contribution >= 4 is 28.7 Å². The van der Waals surface area contributed by atoms with Crippen LogP contribution in [0.1, 0.15) is 28.7 Å². The molecule has 0 aliphatic carbocycles. The number of fused-ring (bicyclic) bond motifs is 2. The van der Waals surface area contributed by atoms with Crippen LogP contribution in [0.15, 0.2) is 36.8 Å². The van der Waals surface area contributed by atoms with Gasteiger partial charge < -0.3 is 14.6 Å². The molecule has 1 aliphatic heterocycles. The number of anilines is 2. The first-order valence-corrected chi connectivity index (χ1v) is 10.4. The number of halogens is 2. The Morgan fingerprint density at radius 1 is 1.12 bits per heavy atom. The zero-order valence-electron chi connectivity index (χ0n) is 17.9. The largest absolute Gasteiger partial charge is 0.352 e. The minimum Gasteiger partial charge on any atom is -0.352 e. The van der Waals surface area contributed by atoms with Crippen LogP contribution in [0, 0.1) is 19.7 Å². The number of carbonyl (C=O) groups excluding carboxylic acids is 1. The number of hydrogen-bond acceptors (Lipinski definition) is 5. The highest BCUT2D eigenvalue weighted by Gasteiger charge is 2.26. The van der Waals surface area contributed by atoms with Crippen LogP contribution in [0.25, 0.3) is 11.3 Å². The van der Waals surface area contributed by atoms with Gasteiger partial charge in [0.05, 0.1) is 29.2 Å². The Balaban J connectivity index is 1.50. The van der Waals surface area contributed by atoms with Crippen molar-refractivity contribution in [3.05, 3.63) is 59.6 Å². The molecule has 1 saturated heterocycles. The summed E-state index contributed by atoms with van der Waals surface area (Å²) in [7, 11) is 0. The summed E-state index contributed by atoms with van der Waals surface area (Å²) in [6.07, 6.45) is 3.98. The van der Waals surface area contributed by atoms with Gasteiger partial charge in [0, 0.05) is 37.2 Å². The lowest BCUT2D eigenvalue weighted by Gasteiger charge is -2.36. The average molecular weight is 439 g/mol. The minimum absolute atomic E-state index is 0.0157. The average Bonchev–Trinajstić information content (AvgIpc) is 3.28. The third-order valence-corrected chi connectivity index (χ3v) is 5.51. The molecule has 1 amide bonds. The third kappa shape index (κ3) is 3.56. The number of imidazole rings is 2. The molecule has 0 unspecified atom stereocenters. The molecule has 1 fully saturated rings. The molecule has 1 aliphatic rings. The van der Waals surface area contributed by atoms with Crippen LogP contribution in [0.3, 0.4) is 0 Å². The van der Waals surface area contributed by atoms with Crippen molar-refractivity contribution < 1.29 is 13.6 Å². The lowest BCUT2D eigenvalue weighted by Crippen LogP contribution is -2.54. The summed E-state index contributed by atoms with van der Waals surface area (Å²) in [4.78, 5) is 23.7. The van der Waals surface area contributed by atoms with Gasteiger partial charge in [0.15, 0.2) is 23.4 Å². The number of hydrogen-bond donors (Lipinski definition) is 2. The highest BCUT2D eigenvalue weighted by molar-refractivity contribution is 6.08. The number of carbonyl (C=O) groups is 1. The van der Waals surface area contributed by atoms with Crippen molar-refractivity contribution in [3.63, 3.8) is 0 Å². The predicted molar refractivity (Wildman–Crippen MR) is 117 cm³/mol. The van der Waals surface area contributed by atoms with Crippen molar-refractivity contribution in [2.24, 2.45) is 0 Å². The van der Waals surface area contributed by atoms with Gasteiger partial charge >= 0.3 is 0 Å². The third-order valence-electron chi connectivity index (χ3n) is 5.51. The van der Waals surface area contributed by atoms with Gasteiger partial charge in [0.2, 0.25) is 0 Å². The molecular formula is C22H23F2N7O. The van der Waals surface area contributed by atoms with Gasteiger partial charge in [-0.15, -0.1) is 0 Å². The Morgan fingerprint density at radius 2 is 1.88 bits per heavy atom. The molecular weight excluding hydrogens is 416 g/mol. The molecule has 10 heteroatoms. The summed E-state index contributed by atoms with van der Waals surface area (Å²) in [5, 5.41) is 5.62. The highest BCUT2D eigenvalue weighted by Crippen LogP contribution is 2.25. The second kappa shape index (κ2) is 7.56. The van der Waals surface area contributed by atoms with Gasteiger partial charge in [-0.2, -0.15) is 0 Å². The first-order valence-electron chi connectivity index (χ1n) is 10.4. The van der Waals surface area contributed by atoms with Crippen LogP contribution in [-0.2, 0) is 0 Å². The SMILES string of the molecule is Cc1cn2cc(NC(=O)c3ccc(N4C[C@@H](C)N[C@H](F)C4)n4cc(C)nc34)cc(F)c2n1. The molecule has 0 aromatic carbocycles. The number of rotatable bonds is 3. The number of aromatic nitrogens is 4. The Morgan fingerprint density at radius 3 is 2.66 bits per heavy atom. The molecule has 4 aromatic heterocycles. The lowest BCUT2D eigenvalue weighted by molar-refractivity contribution is 0.102. The summed E-state index contributed by atoms with van der Waals surface area (Å²) in [5.74, 6) is -0.184. The van der Waals surface area contributed by atoms with Crippen molar-refractivity contribution in [2.45, 2.75) is 33.1 Å². The molecule has 2 N–H and O–H groups in total. The van der Waals surface area contributed by atoms with E-state index in [4.69, 9.17) is 0 Å². The van der Waals surface area contributed by atoms with Gasteiger partial charge in [-0.25, -0.2) is 18.7 Å². The molecule has 0 radical (unpaired) electrons. The molecule has 166 valence electrons. The van der Waals surface area contributed by atoms with Crippen LogP contribution in [-0.4, -0.2) is 50.1 Å². The zero-order valence-corrected chi connectivity index (χ0v) is 17.9. The quantitative estimate of drug-likeness (QED) is 0.480. The lowest BCUT2D eigenvalue weighted by atomic mass is 10.2. The number of amides is 1. The summed E-state index contributed by atoms with van der Waals surface area (Å²) >= 11 is 0. The second-order valence-electron chi connectivity index (χ2n) is 8.27. The summed E-state index contributed by atoms with van der Waals surface area (Å²) in [5.41, 5.74) is 2.71. The number of aryl methyl sites for hydroxylation is 2. The van der Waals surface area contributed by atoms with Gasteiger partial charge in [0.25, 0.3) is 5.91 Å². The van der Waals surface area contributed by atoms with E-state index in [0.29, 0.717) is 29.1 Å². The second-order valence-corrected chi connectivity index (χ2v) is 8.27. The van der Waals surface area contributed by atoms with E-state index in [1.807, 2.05) is 24.9 Å². The van der Waals surface area contributed by atoms with Crippen LogP contribution in [0.4, 0.5) is 20.3 Å². The van der Waals surface area contributed by atoms with Crippen molar-refractivity contribution in [2.75, 3.05) is 23.3 Å². The minimum atomic E-state index is -1.14. The number of alkyl halides is 1. The standard InChI is InChI=1S/C22H23F2N7O/c1-12-7-29(11-18(24)25-12)19-5-4-16(20-26-14(3)9-31(19)20)22(32)28-15-6-17(23)21-27-13(2)8-30(21)10-15/h4-6,8-10,12,18,25H,7,11H2,1-3H3,(H,28,32)/t12-,18+/m1/s1. The zero-order chi connectivity index (χ0) is 22.6. The van der Waals surface area contributed by atoms with E-state index in [1.54, 1.807) is 35.9 Å². The molecule has 0 bridgehead atoms. The molecule has 5 rings (SSSR count). The summed E-state index contributed by atoms with van der Waals surface area (Å²) in [6.45, 7) is 6.36. The fourth-order valence-electron chi connectivity index (χ4n) is 4.26. The van der Waals surface area contributed by atoms with Gasteiger partial charge in [-0.1, -0.05) is 0 Å². The maximum atomic E-state index is 14.4. The van der Waals surface area contributed by atoms with Crippen LogP contribution in [0.5, 0.6) is 0 Å². The molecule has 0 saturated carbocycles. The van der Waals surface area contributed by atoms with Crippen LogP contribution in [0.2, 0.25) is 0 Å². The molecule has 4 aromatic rings. The van der Waals surface area contributed by atoms with E-state index >= 15 is 0 Å². The predicted octanol–water partition coefficient (Wildman–Crippen LogP) is 3.08. The Hall–Kier alpha value is -3.53. The fourth-order valence-corrected chi connectivity index (χ4v) is 4.26. The summed E-state index contributed by atoms with van der Waals surface area (Å²) in [6, 6.07) is 4.68. The molecule has 5 heterocycles. The summed E-state index contributed by atoms with van der Waals surface area (Å²) < 4.78 is 31.8. The maximum absolute atomic E-state index is 14.4. The van der Waals surface area contributed by atoms with Gasteiger partial charge in [0.1, 0.15) is 5.82 Å². The van der Waals surface area contributed by atoms with E-state index < -0.39 is 18.0 Å². The first kappa shape index (κ1) is 20.4. The van der Waals surface area contributed by atoms with Crippen LogP contribution < -0.4 is 15.5 Å². The van der Waals surface area contributed by atoms with E-state index in [9.17, 15) is 13.6 Å². The molecule has 32 heavy (non-hydrogen) atoms. The Kier molecular flexibility index (Phi) is 4.81. The highest BCUT2D eigenvalue weighted by atomic mass is 19.1. The smallest absolute Gasteiger partial charge is 0.259 e. The fraction of sp³-hybridized carbons (Fsp3) is 0.318. The van der Waals surface area contributed by atoms with Crippen molar-refractivity contribution in [3.8, 4) is 0 Å². The molecule has 2 atom stereocenters. The Labute approximate surface area is 182 Å². The van der Waals surface area contributed by atoms with E-state index in [0.717, 1.165) is 11.5 Å². The maximum Gasteiger partial charge on any atom is 0.259 e. The van der Waals surface area contributed by atoms with Crippen LogP contribution >= 0.6 is 0 Å². The van der Waals surface area contributed by atoms with Gasteiger partial charge in [-0.3, -0.25) is 14.5 Å². The van der Waals surface area contributed by atoms with Crippen molar-refractivity contribution in [1.29, 1.82) is 0 Å². The number of pyridine rings is 2. The topological polar surface area (TPSA) is 79.0 Å². The van der Waals surface area contributed by atoms with Gasteiger partial charge in [-0.05, 0) is 32.9 Å². The number of piperazine rings is 1. The van der Waals surface area contributed by atoms with Crippen molar-refractivity contribution in [1.82, 2.24) is 24.1 Å². The number of nitrogens with zero attached hydrogens (tertiary/aromatic N) is 5. The molecule has 0 spiro atoms. The first-order chi connectivity index (χ1) is 15.3.